The molecular formula is C18H20Cl2N2O3. The smallest absolute Gasteiger partial charge is 0.263 e. The number of benzene rings is 1. The number of ether oxygens (including phenoxy) is 1. The number of rotatable bonds is 5. The van der Waals surface area contributed by atoms with E-state index >= 15 is 0 Å². The molecule has 1 aromatic heterocycles. The number of hydrogen-bond donors (Lipinski definition) is 0. The Bertz CT molecular complexity index is 713. The number of furan rings is 1. The molecule has 1 unspecified atom stereocenters. The minimum absolute atomic E-state index is 0.0383. The van der Waals surface area contributed by atoms with Gasteiger partial charge in [0.15, 0.2) is 6.10 Å². The van der Waals surface area contributed by atoms with Gasteiger partial charge in [-0.15, -0.1) is 0 Å². The Morgan fingerprint density at radius 1 is 1.24 bits per heavy atom. The Morgan fingerprint density at radius 3 is 2.64 bits per heavy atom. The van der Waals surface area contributed by atoms with E-state index in [0.29, 0.717) is 28.9 Å². The Labute approximate surface area is 157 Å². The molecule has 1 amide bonds. The highest BCUT2D eigenvalue weighted by Gasteiger charge is 2.26. The van der Waals surface area contributed by atoms with E-state index in [9.17, 15) is 4.79 Å². The highest BCUT2D eigenvalue weighted by molar-refractivity contribution is 6.35. The van der Waals surface area contributed by atoms with E-state index in [4.69, 9.17) is 32.4 Å². The zero-order valence-electron chi connectivity index (χ0n) is 14.0. The van der Waals surface area contributed by atoms with Crippen LogP contribution in [0.3, 0.4) is 0 Å². The number of halogens is 2. The summed E-state index contributed by atoms with van der Waals surface area (Å²) in [6.45, 7) is 5.45. The summed E-state index contributed by atoms with van der Waals surface area (Å²) in [5.41, 5.74) is 0. The summed E-state index contributed by atoms with van der Waals surface area (Å²) in [6.07, 6.45) is 1.08. The fourth-order valence-electron chi connectivity index (χ4n) is 2.82. The normalized spacial score (nSPS) is 16.7. The maximum atomic E-state index is 12.6. The molecule has 1 aliphatic heterocycles. The summed E-state index contributed by atoms with van der Waals surface area (Å²) in [5.74, 6) is 1.36. The average Bonchev–Trinajstić information content (AvgIpc) is 3.10. The van der Waals surface area contributed by atoms with E-state index in [1.807, 2.05) is 17.0 Å². The first-order chi connectivity index (χ1) is 12.0. The topological polar surface area (TPSA) is 45.9 Å². The number of piperazine rings is 1. The monoisotopic (exact) mass is 382 g/mol. The lowest BCUT2D eigenvalue weighted by molar-refractivity contribution is -0.139. The predicted molar refractivity (Wildman–Crippen MR) is 97.1 cm³/mol. The van der Waals surface area contributed by atoms with Crippen LogP contribution in [0.15, 0.2) is 41.0 Å². The third kappa shape index (κ3) is 4.69. The summed E-state index contributed by atoms with van der Waals surface area (Å²) < 4.78 is 11.1. The van der Waals surface area contributed by atoms with Crippen molar-refractivity contribution >= 4 is 29.1 Å². The molecule has 1 aromatic carbocycles. The van der Waals surface area contributed by atoms with Crippen molar-refractivity contribution in [3.63, 3.8) is 0 Å². The first kappa shape index (κ1) is 18.1. The van der Waals surface area contributed by atoms with Crippen LogP contribution in [0.25, 0.3) is 0 Å². The lowest BCUT2D eigenvalue weighted by Gasteiger charge is -2.35. The summed E-state index contributed by atoms with van der Waals surface area (Å²) in [6, 6.07) is 8.81. The van der Waals surface area contributed by atoms with Crippen LogP contribution in [-0.2, 0) is 11.3 Å². The molecule has 0 saturated carbocycles. The van der Waals surface area contributed by atoms with Gasteiger partial charge in [-0.05, 0) is 37.3 Å². The Balaban J connectivity index is 1.51. The summed E-state index contributed by atoms with van der Waals surface area (Å²) in [5, 5.41) is 0.930. The van der Waals surface area contributed by atoms with Gasteiger partial charge in [0.05, 0.1) is 17.8 Å². The van der Waals surface area contributed by atoms with E-state index < -0.39 is 6.10 Å². The zero-order chi connectivity index (χ0) is 17.8. The standard InChI is InChI=1S/C18H20Cl2N2O3/c1-13(25-17-5-4-14(19)11-16(17)20)18(23)22-8-6-21(7-9-22)12-15-3-2-10-24-15/h2-5,10-11,13H,6-9,12H2,1H3. The largest absolute Gasteiger partial charge is 0.479 e. The minimum atomic E-state index is -0.602. The van der Waals surface area contributed by atoms with Crippen molar-refractivity contribution in [1.82, 2.24) is 9.80 Å². The van der Waals surface area contributed by atoms with E-state index in [1.165, 1.54) is 0 Å². The molecular weight excluding hydrogens is 363 g/mol. The van der Waals surface area contributed by atoms with Crippen LogP contribution >= 0.6 is 23.2 Å². The second-order valence-corrected chi connectivity index (χ2v) is 6.86. The number of carbonyl (C=O) groups excluding carboxylic acids is 1. The van der Waals surface area contributed by atoms with Crippen molar-refractivity contribution in [2.75, 3.05) is 26.2 Å². The molecule has 134 valence electrons. The second kappa shape index (κ2) is 8.13. The molecule has 0 bridgehead atoms. The number of hydrogen-bond acceptors (Lipinski definition) is 4. The SMILES string of the molecule is CC(Oc1ccc(Cl)cc1Cl)C(=O)N1CCN(Cc2ccco2)CC1. The molecule has 0 spiro atoms. The van der Waals surface area contributed by atoms with E-state index in [1.54, 1.807) is 31.4 Å². The minimum Gasteiger partial charge on any atom is -0.479 e. The first-order valence-electron chi connectivity index (χ1n) is 8.18. The third-order valence-corrected chi connectivity index (χ3v) is 4.72. The van der Waals surface area contributed by atoms with E-state index in [2.05, 4.69) is 4.90 Å². The van der Waals surface area contributed by atoms with Gasteiger partial charge in [0.2, 0.25) is 0 Å². The lowest BCUT2D eigenvalue weighted by Crippen LogP contribution is -2.51. The van der Waals surface area contributed by atoms with Crippen LogP contribution in [0, 0.1) is 0 Å². The average molecular weight is 383 g/mol. The predicted octanol–water partition coefficient (Wildman–Crippen LogP) is 3.70. The van der Waals surface area contributed by atoms with Crippen LogP contribution in [0.5, 0.6) is 5.75 Å². The Morgan fingerprint density at radius 2 is 2.00 bits per heavy atom. The molecule has 1 fully saturated rings. The van der Waals surface area contributed by atoms with Crippen LogP contribution in [0.2, 0.25) is 10.0 Å². The summed E-state index contributed by atoms with van der Waals surface area (Å²) >= 11 is 12.0. The zero-order valence-corrected chi connectivity index (χ0v) is 15.5. The molecule has 0 N–H and O–H groups in total. The van der Waals surface area contributed by atoms with Crippen LogP contribution < -0.4 is 4.74 Å². The van der Waals surface area contributed by atoms with Gasteiger partial charge >= 0.3 is 0 Å². The van der Waals surface area contributed by atoms with Gasteiger partial charge in [0, 0.05) is 31.2 Å². The first-order valence-corrected chi connectivity index (χ1v) is 8.94. The molecule has 3 rings (SSSR count). The van der Waals surface area contributed by atoms with Crippen LogP contribution in [0.1, 0.15) is 12.7 Å². The molecule has 25 heavy (non-hydrogen) atoms. The Hall–Kier alpha value is -1.69. The van der Waals surface area contributed by atoms with Gasteiger partial charge in [-0.25, -0.2) is 0 Å². The fourth-order valence-corrected chi connectivity index (χ4v) is 3.27. The highest BCUT2D eigenvalue weighted by atomic mass is 35.5. The highest BCUT2D eigenvalue weighted by Crippen LogP contribution is 2.28. The summed E-state index contributed by atoms with van der Waals surface area (Å²) in [4.78, 5) is 16.7. The number of carbonyl (C=O) groups is 1. The van der Waals surface area contributed by atoms with E-state index in [0.717, 1.165) is 25.4 Å². The second-order valence-electron chi connectivity index (χ2n) is 6.02. The maximum absolute atomic E-state index is 12.6. The van der Waals surface area contributed by atoms with Gasteiger partial charge in [0.1, 0.15) is 11.5 Å². The van der Waals surface area contributed by atoms with E-state index in [-0.39, 0.29) is 5.91 Å². The quantitative estimate of drug-likeness (QED) is 0.790. The molecule has 2 aromatic rings. The lowest BCUT2D eigenvalue weighted by atomic mass is 10.2. The molecule has 0 radical (unpaired) electrons. The van der Waals surface area contributed by atoms with Gasteiger partial charge in [0.25, 0.3) is 5.91 Å². The molecule has 1 aliphatic rings. The van der Waals surface area contributed by atoms with Gasteiger partial charge in [-0.2, -0.15) is 0 Å². The summed E-state index contributed by atoms with van der Waals surface area (Å²) in [7, 11) is 0. The fraction of sp³-hybridized carbons (Fsp3) is 0.389. The molecule has 0 aliphatic carbocycles. The van der Waals surface area contributed by atoms with Crippen LogP contribution in [-0.4, -0.2) is 48.0 Å². The molecule has 1 atom stereocenters. The van der Waals surface area contributed by atoms with Crippen molar-refractivity contribution in [3.8, 4) is 5.75 Å². The van der Waals surface area contributed by atoms with Crippen LogP contribution in [0.4, 0.5) is 0 Å². The van der Waals surface area contributed by atoms with Crippen molar-refractivity contribution in [1.29, 1.82) is 0 Å². The van der Waals surface area contributed by atoms with Crippen molar-refractivity contribution < 1.29 is 13.9 Å². The van der Waals surface area contributed by atoms with Gasteiger partial charge < -0.3 is 14.1 Å². The van der Waals surface area contributed by atoms with Crippen molar-refractivity contribution in [3.05, 3.63) is 52.4 Å². The molecule has 7 heteroatoms. The van der Waals surface area contributed by atoms with Crippen molar-refractivity contribution in [2.45, 2.75) is 19.6 Å². The van der Waals surface area contributed by atoms with Gasteiger partial charge in [-0.1, -0.05) is 23.2 Å². The molecule has 1 saturated heterocycles. The third-order valence-electron chi connectivity index (χ3n) is 4.19. The molecule has 5 nitrogen and oxygen atoms in total. The van der Waals surface area contributed by atoms with Gasteiger partial charge in [-0.3, -0.25) is 9.69 Å². The maximum Gasteiger partial charge on any atom is 0.263 e. The van der Waals surface area contributed by atoms with Crippen molar-refractivity contribution in [2.24, 2.45) is 0 Å². The number of nitrogens with zero attached hydrogens (tertiary/aromatic N) is 2. The number of amides is 1. The molecule has 2 heterocycles. The Kier molecular flexibility index (Phi) is 5.89.